The molecule has 0 saturated carbocycles. The number of benzene rings is 1. The molecule has 0 amide bonds. The molecule has 2 N–H and O–H groups in total. The van der Waals surface area contributed by atoms with E-state index in [0.717, 1.165) is 44.5 Å². The summed E-state index contributed by atoms with van der Waals surface area (Å²) in [5, 5.41) is 31.9. The second-order valence-electron chi connectivity index (χ2n) is 13.8. The van der Waals surface area contributed by atoms with Gasteiger partial charge >= 0.3 is 0 Å². The fourth-order valence-corrected chi connectivity index (χ4v) is 7.36. The maximum absolute atomic E-state index is 12.2. The minimum absolute atomic E-state index is 0.0111. The molecule has 232 valence electrons. The lowest BCUT2D eigenvalue weighted by atomic mass is 9.77. The summed E-state index contributed by atoms with van der Waals surface area (Å²) in [5.41, 5.74) is -0.296. The van der Waals surface area contributed by atoms with Crippen LogP contribution in [0, 0.1) is 38.2 Å². The summed E-state index contributed by atoms with van der Waals surface area (Å²) < 4.78 is 15.2. The van der Waals surface area contributed by atoms with E-state index in [1.165, 1.54) is 22.3 Å². The van der Waals surface area contributed by atoms with Crippen molar-refractivity contribution in [1.29, 1.82) is 10.8 Å². The molecular weight excluding hydrogens is 579 g/mol. The van der Waals surface area contributed by atoms with E-state index in [2.05, 4.69) is 54.5 Å². The number of fused-ring (bicyclic) bond motifs is 2. The number of hydrogen-bond acceptors (Lipinski definition) is 8. The standard InChI is InChI=1S/C34H45N3O4S2/c1-11-18(3)16-40-29-21-14-24(20-13-23(37(38)39)26(34(8,9)10)28(36)27(20)35)42-31(21)30(41-17-19(4)12-2)22-15-25(33(5,6)7)43-32(22)29/h13-15,18-19,35-36H,11-12,16-17H2,1-10H3. The van der Waals surface area contributed by atoms with Crippen LogP contribution in [-0.2, 0) is 5.41 Å². The molecule has 2 aromatic heterocycles. The quantitative estimate of drug-likeness (QED) is 0.133. The van der Waals surface area contributed by atoms with Gasteiger partial charge in [0.15, 0.2) is 0 Å². The summed E-state index contributed by atoms with van der Waals surface area (Å²) in [5.74, 6) is 2.32. The fraction of sp³-hybridized carbons (Fsp3) is 0.529. The van der Waals surface area contributed by atoms with Crippen molar-refractivity contribution < 1.29 is 14.4 Å². The normalized spacial score (nSPS) is 16.2. The topological polar surface area (TPSA) is 109 Å². The van der Waals surface area contributed by atoms with Crippen molar-refractivity contribution in [3.8, 4) is 11.5 Å². The third-order valence-corrected chi connectivity index (χ3v) is 10.8. The molecule has 0 saturated heterocycles. The van der Waals surface area contributed by atoms with Crippen molar-refractivity contribution >= 4 is 59.8 Å². The Balaban J connectivity index is 2.05. The zero-order valence-corrected chi connectivity index (χ0v) is 28.7. The van der Waals surface area contributed by atoms with Crippen molar-refractivity contribution in [2.24, 2.45) is 17.3 Å². The van der Waals surface area contributed by atoms with Crippen molar-refractivity contribution in [3.63, 3.8) is 0 Å². The van der Waals surface area contributed by atoms with E-state index in [-0.39, 0.29) is 28.1 Å². The average molecular weight is 624 g/mol. The molecule has 4 rings (SSSR count). The van der Waals surface area contributed by atoms with Gasteiger partial charge in [-0.05, 0) is 34.8 Å². The Hall–Kier alpha value is -3.04. The highest BCUT2D eigenvalue weighted by molar-refractivity contribution is 7.22. The van der Waals surface area contributed by atoms with Crippen molar-refractivity contribution in [1.82, 2.24) is 0 Å². The highest BCUT2D eigenvalue weighted by Gasteiger charge is 2.38. The van der Waals surface area contributed by atoms with Crippen LogP contribution in [0.1, 0.15) is 91.8 Å². The summed E-state index contributed by atoms with van der Waals surface area (Å²) in [7, 11) is 0. The summed E-state index contributed by atoms with van der Waals surface area (Å²) in [4.78, 5) is 13.7. The lowest BCUT2D eigenvalue weighted by Crippen LogP contribution is -2.30. The van der Waals surface area contributed by atoms with Gasteiger partial charge in [-0.2, -0.15) is 0 Å². The predicted octanol–water partition coefficient (Wildman–Crippen LogP) is 10.3. The van der Waals surface area contributed by atoms with Crippen LogP contribution < -0.4 is 9.47 Å². The van der Waals surface area contributed by atoms with Gasteiger partial charge in [0.25, 0.3) is 5.70 Å². The van der Waals surface area contributed by atoms with E-state index in [4.69, 9.17) is 20.3 Å². The van der Waals surface area contributed by atoms with Gasteiger partial charge in [-0.25, -0.2) is 0 Å². The molecule has 7 nitrogen and oxygen atoms in total. The molecule has 1 aliphatic carbocycles. The van der Waals surface area contributed by atoms with Gasteiger partial charge in [-0.3, -0.25) is 20.9 Å². The highest BCUT2D eigenvalue weighted by Crippen LogP contribution is 2.52. The monoisotopic (exact) mass is 623 g/mol. The van der Waals surface area contributed by atoms with Crippen LogP contribution >= 0.6 is 22.7 Å². The lowest BCUT2D eigenvalue weighted by molar-refractivity contribution is -0.420. The number of ether oxygens (including phenoxy) is 2. The minimum atomic E-state index is -0.656. The zero-order valence-electron chi connectivity index (χ0n) is 27.1. The average Bonchev–Trinajstić information content (AvgIpc) is 3.56. The number of thiophene rings is 2. The molecule has 2 unspecified atom stereocenters. The van der Waals surface area contributed by atoms with Gasteiger partial charge in [-0.1, -0.05) is 82.1 Å². The van der Waals surface area contributed by atoms with Gasteiger partial charge < -0.3 is 9.47 Å². The summed E-state index contributed by atoms with van der Waals surface area (Å²) in [6.45, 7) is 21.9. The first-order valence-corrected chi connectivity index (χ1v) is 16.7. The molecular formula is C34H45N3O4S2. The molecule has 0 bridgehead atoms. The van der Waals surface area contributed by atoms with Crippen molar-refractivity contribution in [2.75, 3.05) is 13.2 Å². The Bertz CT molecular complexity index is 1590. The maximum Gasteiger partial charge on any atom is 0.276 e. The molecule has 0 aliphatic heterocycles. The second kappa shape index (κ2) is 12.2. The first-order valence-electron chi connectivity index (χ1n) is 15.1. The van der Waals surface area contributed by atoms with Crippen LogP contribution in [0.15, 0.2) is 29.5 Å². The minimum Gasteiger partial charge on any atom is -0.491 e. The predicted molar refractivity (Wildman–Crippen MR) is 183 cm³/mol. The third kappa shape index (κ3) is 6.43. The van der Waals surface area contributed by atoms with Gasteiger partial charge in [-0.15, -0.1) is 22.7 Å². The van der Waals surface area contributed by atoms with Crippen molar-refractivity contribution in [3.05, 3.63) is 49.3 Å². The number of allylic oxidation sites excluding steroid dienone is 3. The van der Waals surface area contributed by atoms with Crippen LogP contribution in [-0.4, -0.2) is 29.6 Å². The number of hydrogen-bond donors (Lipinski definition) is 2. The van der Waals surface area contributed by atoms with E-state index in [0.29, 0.717) is 35.5 Å². The molecule has 1 aliphatic rings. The first-order chi connectivity index (χ1) is 20.0. The Morgan fingerprint density at radius 1 is 0.837 bits per heavy atom. The van der Waals surface area contributed by atoms with Crippen LogP contribution in [0.2, 0.25) is 0 Å². The number of rotatable bonds is 10. The molecule has 1 aromatic carbocycles. The van der Waals surface area contributed by atoms with Gasteiger partial charge in [0.2, 0.25) is 0 Å². The van der Waals surface area contributed by atoms with Crippen LogP contribution in [0.3, 0.4) is 0 Å². The van der Waals surface area contributed by atoms with E-state index in [9.17, 15) is 10.1 Å². The first kappa shape index (κ1) is 32.9. The van der Waals surface area contributed by atoms with E-state index in [1.54, 1.807) is 11.3 Å². The van der Waals surface area contributed by atoms with E-state index >= 15 is 0 Å². The third-order valence-electron chi connectivity index (χ3n) is 8.04. The molecule has 3 aromatic rings. The highest BCUT2D eigenvalue weighted by atomic mass is 32.1. The fourth-order valence-electron chi connectivity index (χ4n) is 4.94. The Morgan fingerprint density at radius 3 is 1.81 bits per heavy atom. The second-order valence-corrected chi connectivity index (χ2v) is 15.9. The smallest absolute Gasteiger partial charge is 0.276 e. The molecule has 9 heteroatoms. The van der Waals surface area contributed by atoms with Gasteiger partial charge in [0.1, 0.15) is 11.5 Å². The molecule has 0 radical (unpaired) electrons. The van der Waals surface area contributed by atoms with E-state index in [1.807, 2.05) is 26.8 Å². The summed E-state index contributed by atoms with van der Waals surface area (Å²) in [6, 6.07) is 4.20. The largest absolute Gasteiger partial charge is 0.491 e. The Kier molecular flexibility index (Phi) is 9.29. The SMILES string of the molecule is CCC(C)COc1c2cc(C(C)(C)C)sc2c(OCC(C)CC)c2cc(C3=CC([N+](=O)[O-])=C(C(C)(C)C)C(=N)C3=N)sc12. The maximum atomic E-state index is 12.2. The summed E-state index contributed by atoms with van der Waals surface area (Å²) >= 11 is 3.18. The van der Waals surface area contributed by atoms with Gasteiger partial charge in [0.05, 0.1) is 44.5 Å². The van der Waals surface area contributed by atoms with Gasteiger partial charge in [0, 0.05) is 32.2 Å². The zero-order chi connectivity index (χ0) is 32.0. The number of nitro groups is 1. The summed E-state index contributed by atoms with van der Waals surface area (Å²) in [6.07, 6.45) is 3.46. The van der Waals surface area contributed by atoms with Crippen LogP contribution in [0.4, 0.5) is 0 Å². The molecule has 43 heavy (non-hydrogen) atoms. The Morgan fingerprint density at radius 2 is 1.35 bits per heavy atom. The molecule has 2 atom stereocenters. The van der Waals surface area contributed by atoms with Crippen molar-refractivity contribution in [2.45, 2.75) is 87.5 Å². The lowest BCUT2D eigenvalue weighted by Gasteiger charge is -2.26. The molecule has 0 fully saturated rings. The molecule has 0 spiro atoms. The number of nitrogens with one attached hydrogen (secondary N) is 2. The Labute approximate surface area is 263 Å². The van der Waals surface area contributed by atoms with E-state index < -0.39 is 10.3 Å². The van der Waals surface area contributed by atoms with Crippen LogP contribution in [0.5, 0.6) is 11.5 Å². The van der Waals surface area contributed by atoms with Crippen LogP contribution in [0.25, 0.3) is 25.7 Å². The number of nitrogens with zero attached hydrogens (tertiary/aromatic N) is 1. The molecule has 2 heterocycles.